The molecule has 3 heterocycles. The highest BCUT2D eigenvalue weighted by molar-refractivity contribution is 9.09. The van der Waals surface area contributed by atoms with Crippen LogP contribution in [-0.4, -0.2) is 86.3 Å². The number of carbonyl (C=O) groups excluding carboxylic acids is 3. The number of hydrogen-bond acceptors (Lipinski definition) is 6. The van der Waals surface area contributed by atoms with E-state index in [4.69, 9.17) is 0 Å². The van der Waals surface area contributed by atoms with Gasteiger partial charge < -0.3 is 24.7 Å². The fourth-order valence-electron chi connectivity index (χ4n) is 8.43. The average Bonchev–Trinajstić information content (AvgIpc) is 3.75. The second-order valence-electron chi connectivity index (χ2n) is 13.4. The quantitative estimate of drug-likeness (QED) is 0.141. The molecule has 3 aromatic carbocycles. The molecule has 3 fully saturated rings. The molecular weight excluding hydrogens is 724 g/mol. The maximum atomic E-state index is 15.3. The molecule has 268 valence electrons. The number of amides is 3. The largest absolute Gasteiger partial charge is 0.394 e. The number of nitrogens with zero attached hydrogens (tertiary/aromatic N) is 4. The van der Waals surface area contributed by atoms with E-state index in [1.165, 1.54) is 0 Å². The predicted octanol–water partition coefficient (Wildman–Crippen LogP) is 6.46. The molecule has 51 heavy (non-hydrogen) atoms. The Kier molecular flexibility index (Phi) is 11.4. The lowest BCUT2D eigenvalue weighted by molar-refractivity contribution is -0.145. The van der Waals surface area contributed by atoms with Crippen LogP contribution in [0.1, 0.15) is 37.4 Å². The van der Waals surface area contributed by atoms with Gasteiger partial charge in [-0.1, -0.05) is 88.7 Å². The van der Waals surface area contributed by atoms with Crippen LogP contribution in [-0.2, 0) is 20.9 Å². The van der Waals surface area contributed by atoms with Crippen LogP contribution in [0, 0.1) is 11.8 Å². The Morgan fingerprint density at radius 1 is 0.941 bits per heavy atom. The number of benzene rings is 3. The van der Waals surface area contributed by atoms with Gasteiger partial charge in [0.15, 0.2) is 0 Å². The van der Waals surface area contributed by atoms with E-state index in [1.807, 2.05) is 84.9 Å². The van der Waals surface area contributed by atoms with Gasteiger partial charge in [-0.15, -0.1) is 24.9 Å². The summed E-state index contributed by atoms with van der Waals surface area (Å²) in [7, 11) is 0. The number of carbonyl (C=O) groups is 3. The summed E-state index contributed by atoms with van der Waals surface area (Å²) in [5, 5.41) is 10.8. The van der Waals surface area contributed by atoms with E-state index in [-0.39, 0.29) is 41.0 Å². The number of likely N-dealkylation sites (tertiary alicyclic amines) is 1. The molecule has 0 aliphatic carbocycles. The van der Waals surface area contributed by atoms with Crippen molar-refractivity contribution in [3.63, 3.8) is 0 Å². The molecule has 3 aromatic rings. The van der Waals surface area contributed by atoms with Crippen LogP contribution in [0.25, 0.3) is 0 Å². The van der Waals surface area contributed by atoms with Crippen LogP contribution in [0.5, 0.6) is 0 Å². The van der Waals surface area contributed by atoms with Crippen LogP contribution >= 0.6 is 27.7 Å². The highest BCUT2D eigenvalue weighted by Crippen LogP contribution is 2.69. The molecule has 3 aliphatic heterocycles. The van der Waals surface area contributed by atoms with Gasteiger partial charge in [0.25, 0.3) is 5.91 Å². The van der Waals surface area contributed by atoms with Crippen molar-refractivity contribution in [3.05, 3.63) is 121 Å². The summed E-state index contributed by atoms with van der Waals surface area (Å²) in [6, 6.07) is 25.4. The molecule has 10 heteroatoms. The monoisotopic (exact) mass is 770 g/mol. The van der Waals surface area contributed by atoms with Crippen LogP contribution in [0.3, 0.4) is 0 Å². The zero-order valence-corrected chi connectivity index (χ0v) is 31.7. The number of halogens is 1. The zero-order valence-electron chi connectivity index (χ0n) is 29.3. The summed E-state index contributed by atoms with van der Waals surface area (Å²) in [6.07, 6.45) is 3.95. The average molecular weight is 772 g/mol. The molecule has 2 bridgehead atoms. The van der Waals surface area contributed by atoms with E-state index in [0.29, 0.717) is 25.2 Å². The van der Waals surface area contributed by atoms with E-state index in [2.05, 4.69) is 47.8 Å². The summed E-state index contributed by atoms with van der Waals surface area (Å²) < 4.78 is -0.900. The molecule has 1 spiro atoms. The minimum Gasteiger partial charge on any atom is -0.394 e. The van der Waals surface area contributed by atoms with E-state index in [1.54, 1.807) is 38.6 Å². The molecule has 3 saturated heterocycles. The molecule has 8 nitrogen and oxygen atoms in total. The zero-order chi connectivity index (χ0) is 36.3. The van der Waals surface area contributed by atoms with Gasteiger partial charge in [0.1, 0.15) is 6.04 Å². The van der Waals surface area contributed by atoms with Gasteiger partial charge in [0.2, 0.25) is 11.8 Å². The molecule has 3 aliphatic rings. The Labute approximate surface area is 314 Å². The summed E-state index contributed by atoms with van der Waals surface area (Å²) >= 11 is 5.52. The normalized spacial score (nSPS) is 25.3. The Balaban J connectivity index is 1.45. The van der Waals surface area contributed by atoms with E-state index >= 15 is 9.59 Å². The number of anilines is 2. The number of rotatable bonds is 15. The predicted molar refractivity (Wildman–Crippen MR) is 210 cm³/mol. The molecule has 0 radical (unpaired) electrons. The summed E-state index contributed by atoms with van der Waals surface area (Å²) in [6.45, 7) is 14.4. The molecule has 3 unspecified atom stereocenters. The van der Waals surface area contributed by atoms with Crippen LogP contribution < -0.4 is 9.80 Å². The Hall–Kier alpha value is -3.86. The number of alkyl halides is 1. The summed E-state index contributed by atoms with van der Waals surface area (Å²) in [5.41, 5.74) is 3.47. The molecule has 3 amide bonds. The maximum Gasteiger partial charge on any atom is 0.251 e. The van der Waals surface area contributed by atoms with Crippen molar-refractivity contribution in [1.82, 2.24) is 9.80 Å². The van der Waals surface area contributed by atoms with Gasteiger partial charge in [-0.25, -0.2) is 0 Å². The lowest BCUT2D eigenvalue weighted by Gasteiger charge is -2.40. The third-order valence-corrected chi connectivity index (χ3v) is 13.9. The van der Waals surface area contributed by atoms with Gasteiger partial charge in [-0.3, -0.25) is 14.4 Å². The first-order valence-corrected chi connectivity index (χ1v) is 19.5. The van der Waals surface area contributed by atoms with Crippen molar-refractivity contribution < 1.29 is 19.5 Å². The highest BCUT2D eigenvalue weighted by atomic mass is 79.9. The van der Waals surface area contributed by atoms with E-state index in [9.17, 15) is 9.90 Å². The first-order valence-electron chi connectivity index (χ1n) is 17.7. The van der Waals surface area contributed by atoms with E-state index in [0.717, 1.165) is 29.9 Å². The molecular formula is C41H47BrN4O4S. The van der Waals surface area contributed by atoms with Crippen molar-refractivity contribution >= 4 is 56.8 Å². The molecule has 6 rings (SSSR count). The lowest BCUT2D eigenvalue weighted by atomic mass is 9.70. The second kappa shape index (κ2) is 15.8. The number of aliphatic hydroxyl groups is 1. The van der Waals surface area contributed by atoms with Gasteiger partial charge in [0.05, 0.1) is 29.2 Å². The highest BCUT2D eigenvalue weighted by Gasteiger charge is 2.76. The second-order valence-corrected chi connectivity index (χ2v) is 16.2. The van der Waals surface area contributed by atoms with Crippen LogP contribution in [0.2, 0.25) is 0 Å². The number of thioether (sulfide) groups is 1. The third kappa shape index (κ3) is 6.66. The fourth-order valence-corrected chi connectivity index (χ4v) is 12.0. The number of fused-ring (bicyclic) bond motifs is 1. The number of hydrogen-bond donors (Lipinski definition) is 1. The van der Waals surface area contributed by atoms with Gasteiger partial charge in [-0.05, 0) is 55.7 Å². The molecule has 1 N–H and O–H groups in total. The number of aliphatic hydroxyl groups excluding tert-OH is 1. The Morgan fingerprint density at radius 3 is 2.14 bits per heavy atom. The summed E-state index contributed by atoms with van der Waals surface area (Å²) in [4.78, 5) is 52.4. The van der Waals surface area contributed by atoms with Gasteiger partial charge >= 0.3 is 0 Å². The fraction of sp³-hybridized carbons (Fsp3) is 0.390. The van der Waals surface area contributed by atoms with E-state index < -0.39 is 28.7 Å². The van der Waals surface area contributed by atoms with Gasteiger partial charge in [0, 0.05) is 54.2 Å². The SMILES string of the molecule is C=CCN(Cc1ccccc1)C(=O)[C@H]1[C@@H]2SC3(CC2Br)C(C(=O)N(CC=C)c2ccc(N(CC)CC)cc2)N([C@H](CO)c2ccccc2)C(=O)[C@H]13. The summed E-state index contributed by atoms with van der Waals surface area (Å²) in [5.74, 6) is -2.05. The van der Waals surface area contributed by atoms with Crippen molar-refractivity contribution in [2.24, 2.45) is 11.8 Å². The minimum atomic E-state index is -0.940. The van der Waals surface area contributed by atoms with Crippen LogP contribution in [0.15, 0.2) is 110 Å². The first-order chi connectivity index (χ1) is 24.7. The Morgan fingerprint density at radius 2 is 1.55 bits per heavy atom. The molecule has 0 saturated carbocycles. The van der Waals surface area contributed by atoms with Crippen molar-refractivity contribution in [1.29, 1.82) is 0 Å². The smallest absolute Gasteiger partial charge is 0.251 e. The maximum absolute atomic E-state index is 15.3. The van der Waals surface area contributed by atoms with Gasteiger partial charge in [-0.2, -0.15) is 0 Å². The van der Waals surface area contributed by atoms with Crippen molar-refractivity contribution in [3.8, 4) is 0 Å². The Bertz CT molecular complexity index is 1720. The molecule has 0 aromatic heterocycles. The van der Waals surface area contributed by atoms with Crippen LogP contribution in [0.4, 0.5) is 11.4 Å². The topological polar surface area (TPSA) is 84.4 Å². The first kappa shape index (κ1) is 36.9. The minimum absolute atomic E-state index is 0.0939. The van der Waals surface area contributed by atoms with Crippen molar-refractivity contribution in [2.45, 2.75) is 53.7 Å². The molecule has 7 atom stereocenters. The standard InChI is InChI=1S/C41H47BrN4O4S/c1-5-23-44(26-28-15-11-9-12-16-28)38(48)34-35-39(49)46(33(27-47)29-17-13-10-14-18-29)37(41(35)25-32(42)36(34)51-41)40(50)45(24-6-2)31-21-19-30(20-22-31)43(7-3)8-4/h5-6,9-22,32-37,47H,1-2,7-8,23-27H2,3-4H3/t32?,33-,34-,35+,36-,37?,41?/m1/s1. The third-order valence-electron chi connectivity index (χ3n) is 10.7. The lowest BCUT2D eigenvalue weighted by Crippen LogP contribution is -2.56. The van der Waals surface area contributed by atoms with Crippen molar-refractivity contribution in [2.75, 3.05) is 42.6 Å².